The third-order valence-electron chi connectivity index (χ3n) is 3.02. The number of aryl methyl sites for hydroxylation is 1. The first kappa shape index (κ1) is 11.9. The zero-order chi connectivity index (χ0) is 12.6. The number of piperidine rings is 1. The summed E-state index contributed by atoms with van der Waals surface area (Å²) in [6.07, 6.45) is 1.08. The summed E-state index contributed by atoms with van der Waals surface area (Å²) < 4.78 is 27.4. The molecule has 0 amide bonds. The van der Waals surface area contributed by atoms with Gasteiger partial charge >= 0.3 is 0 Å². The van der Waals surface area contributed by atoms with Gasteiger partial charge in [0.2, 0.25) is 0 Å². The molecule has 4 nitrogen and oxygen atoms in total. The first-order chi connectivity index (χ1) is 7.89. The van der Waals surface area contributed by atoms with Gasteiger partial charge in [-0.05, 0) is 6.07 Å². The van der Waals surface area contributed by atoms with Crippen LogP contribution in [0.25, 0.3) is 0 Å². The molecule has 1 aliphatic rings. The molecule has 0 aromatic carbocycles. The number of alkyl halides is 2. The standard InChI is InChI=1S/C11H15F2N3O/c1-15-7-8(14)6-9(10(15)17)16-4-2-11(12,13)3-5-16/h6-7H,2-5,14H2,1H3. The maximum absolute atomic E-state index is 13.0. The van der Waals surface area contributed by atoms with Crippen LogP contribution in [-0.4, -0.2) is 23.6 Å². The maximum atomic E-state index is 13.0. The highest BCUT2D eigenvalue weighted by Gasteiger charge is 2.34. The lowest BCUT2D eigenvalue weighted by Gasteiger charge is -2.33. The van der Waals surface area contributed by atoms with Crippen LogP contribution in [0.15, 0.2) is 17.1 Å². The minimum Gasteiger partial charge on any atom is -0.397 e. The SMILES string of the molecule is Cn1cc(N)cc(N2CCC(F)(F)CC2)c1=O. The number of pyridine rings is 1. The number of nitrogens with zero attached hydrogens (tertiary/aromatic N) is 2. The number of nitrogens with two attached hydrogens (primary N) is 1. The van der Waals surface area contributed by atoms with Crippen LogP contribution in [0.1, 0.15) is 12.8 Å². The average Bonchev–Trinajstić information content (AvgIpc) is 2.24. The highest BCUT2D eigenvalue weighted by Crippen LogP contribution is 2.29. The predicted octanol–water partition coefficient (Wildman–Crippen LogP) is 1.20. The van der Waals surface area contributed by atoms with E-state index in [4.69, 9.17) is 5.73 Å². The molecular formula is C11H15F2N3O. The van der Waals surface area contributed by atoms with Gasteiger partial charge < -0.3 is 15.2 Å². The fourth-order valence-corrected chi connectivity index (χ4v) is 2.02. The van der Waals surface area contributed by atoms with Gasteiger partial charge in [-0.1, -0.05) is 0 Å². The first-order valence-electron chi connectivity index (χ1n) is 5.48. The van der Waals surface area contributed by atoms with Crippen molar-refractivity contribution in [3.05, 3.63) is 22.6 Å². The molecular weight excluding hydrogens is 228 g/mol. The second-order valence-electron chi connectivity index (χ2n) is 4.42. The van der Waals surface area contributed by atoms with Crippen LogP contribution in [-0.2, 0) is 7.05 Å². The van der Waals surface area contributed by atoms with Crippen molar-refractivity contribution in [2.24, 2.45) is 7.05 Å². The fourth-order valence-electron chi connectivity index (χ4n) is 2.02. The Bertz CT molecular complexity index is 474. The van der Waals surface area contributed by atoms with Gasteiger partial charge in [0.15, 0.2) is 0 Å². The molecule has 6 heteroatoms. The van der Waals surface area contributed by atoms with Gasteiger partial charge in [-0.2, -0.15) is 0 Å². The fraction of sp³-hybridized carbons (Fsp3) is 0.545. The lowest BCUT2D eigenvalue weighted by Crippen LogP contribution is -2.42. The number of hydrogen-bond donors (Lipinski definition) is 1. The van der Waals surface area contributed by atoms with Crippen molar-refractivity contribution in [2.45, 2.75) is 18.8 Å². The van der Waals surface area contributed by atoms with E-state index in [1.165, 1.54) is 10.8 Å². The average molecular weight is 243 g/mol. The molecule has 94 valence electrons. The predicted molar refractivity (Wildman–Crippen MR) is 62.5 cm³/mol. The Morgan fingerprint density at radius 1 is 1.35 bits per heavy atom. The van der Waals surface area contributed by atoms with E-state index >= 15 is 0 Å². The second kappa shape index (κ2) is 4.01. The minimum atomic E-state index is -2.61. The monoisotopic (exact) mass is 243 g/mol. The van der Waals surface area contributed by atoms with Crippen molar-refractivity contribution < 1.29 is 8.78 Å². The molecule has 0 atom stereocenters. The van der Waals surface area contributed by atoms with E-state index in [1.54, 1.807) is 18.0 Å². The summed E-state index contributed by atoms with van der Waals surface area (Å²) in [6, 6.07) is 1.55. The van der Waals surface area contributed by atoms with Crippen LogP contribution in [0, 0.1) is 0 Å². The van der Waals surface area contributed by atoms with Crippen molar-refractivity contribution in [3.8, 4) is 0 Å². The van der Waals surface area contributed by atoms with Crippen molar-refractivity contribution >= 4 is 11.4 Å². The molecule has 2 rings (SSSR count). The third kappa shape index (κ3) is 2.40. The molecule has 0 bridgehead atoms. The molecule has 1 aromatic heterocycles. The summed E-state index contributed by atoms with van der Waals surface area (Å²) in [5, 5.41) is 0. The molecule has 1 fully saturated rings. The zero-order valence-electron chi connectivity index (χ0n) is 9.62. The van der Waals surface area contributed by atoms with Gasteiger partial charge in [0.25, 0.3) is 11.5 Å². The van der Waals surface area contributed by atoms with E-state index < -0.39 is 5.92 Å². The van der Waals surface area contributed by atoms with Gasteiger partial charge in [-0.3, -0.25) is 4.79 Å². The molecule has 1 aliphatic heterocycles. The number of aromatic nitrogens is 1. The Morgan fingerprint density at radius 2 is 1.94 bits per heavy atom. The van der Waals surface area contributed by atoms with E-state index in [1.807, 2.05) is 0 Å². The number of halogens is 2. The Balaban J connectivity index is 2.27. The molecule has 2 N–H and O–H groups in total. The maximum Gasteiger partial charge on any atom is 0.273 e. The highest BCUT2D eigenvalue weighted by atomic mass is 19.3. The van der Waals surface area contributed by atoms with E-state index in [-0.39, 0.29) is 31.5 Å². The largest absolute Gasteiger partial charge is 0.397 e. The summed E-state index contributed by atoms with van der Waals surface area (Å²) in [5.41, 5.74) is 6.31. The summed E-state index contributed by atoms with van der Waals surface area (Å²) in [5.74, 6) is -2.61. The van der Waals surface area contributed by atoms with Gasteiger partial charge in [0, 0.05) is 39.2 Å². The molecule has 0 spiro atoms. The van der Waals surface area contributed by atoms with Gasteiger partial charge in [0.05, 0.1) is 5.69 Å². The van der Waals surface area contributed by atoms with Crippen LogP contribution in [0.2, 0.25) is 0 Å². The van der Waals surface area contributed by atoms with Gasteiger partial charge in [0.1, 0.15) is 5.69 Å². The van der Waals surface area contributed by atoms with E-state index in [2.05, 4.69) is 0 Å². The molecule has 0 saturated carbocycles. The van der Waals surface area contributed by atoms with Crippen LogP contribution in [0.4, 0.5) is 20.2 Å². The molecule has 1 saturated heterocycles. The summed E-state index contributed by atoms with van der Waals surface area (Å²) >= 11 is 0. The van der Waals surface area contributed by atoms with Crippen LogP contribution < -0.4 is 16.2 Å². The van der Waals surface area contributed by atoms with Crippen molar-refractivity contribution in [1.82, 2.24) is 4.57 Å². The Labute approximate surface area is 97.6 Å². The second-order valence-corrected chi connectivity index (χ2v) is 4.42. The quantitative estimate of drug-likeness (QED) is 0.806. The molecule has 0 aliphatic carbocycles. The zero-order valence-corrected chi connectivity index (χ0v) is 9.62. The summed E-state index contributed by atoms with van der Waals surface area (Å²) in [4.78, 5) is 13.5. The number of nitrogen functional groups attached to an aromatic ring is 1. The van der Waals surface area contributed by atoms with E-state index in [9.17, 15) is 13.6 Å². The van der Waals surface area contributed by atoms with Crippen molar-refractivity contribution in [1.29, 1.82) is 0 Å². The smallest absolute Gasteiger partial charge is 0.273 e. The lowest BCUT2D eigenvalue weighted by molar-refractivity contribution is -0.0220. The van der Waals surface area contributed by atoms with Crippen molar-refractivity contribution in [3.63, 3.8) is 0 Å². The lowest BCUT2D eigenvalue weighted by atomic mass is 10.1. The first-order valence-corrected chi connectivity index (χ1v) is 5.48. The summed E-state index contributed by atoms with van der Waals surface area (Å²) in [6.45, 7) is 0.372. The molecule has 2 heterocycles. The van der Waals surface area contributed by atoms with Crippen LogP contribution in [0.3, 0.4) is 0 Å². The van der Waals surface area contributed by atoms with Crippen LogP contribution >= 0.6 is 0 Å². The molecule has 0 radical (unpaired) electrons. The molecule has 0 unspecified atom stereocenters. The van der Waals surface area contributed by atoms with Gasteiger partial charge in [-0.25, -0.2) is 8.78 Å². The van der Waals surface area contributed by atoms with Crippen LogP contribution in [0.5, 0.6) is 0 Å². The highest BCUT2D eigenvalue weighted by molar-refractivity contribution is 5.54. The van der Waals surface area contributed by atoms with E-state index in [0.29, 0.717) is 11.4 Å². The van der Waals surface area contributed by atoms with Crippen molar-refractivity contribution in [2.75, 3.05) is 23.7 Å². The Morgan fingerprint density at radius 3 is 2.53 bits per heavy atom. The molecule has 17 heavy (non-hydrogen) atoms. The third-order valence-corrected chi connectivity index (χ3v) is 3.02. The normalized spacial score (nSPS) is 19.4. The number of hydrogen-bond acceptors (Lipinski definition) is 3. The minimum absolute atomic E-state index is 0.186. The number of rotatable bonds is 1. The summed E-state index contributed by atoms with van der Waals surface area (Å²) in [7, 11) is 1.60. The topological polar surface area (TPSA) is 51.3 Å². The molecule has 1 aromatic rings. The van der Waals surface area contributed by atoms with Gasteiger partial charge in [-0.15, -0.1) is 0 Å². The number of anilines is 2. The Kier molecular flexibility index (Phi) is 2.81. The Hall–Kier alpha value is -1.59. The van der Waals surface area contributed by atoms with E-state index in [0.717, 1.165) is 0 Å².